The van der Waals surface area contributed by atoms with Crippen LogP contribution >= 0.6 is 15.9 Å². The molecule has 0 aromatic heterocycles. The summed E-state index contributed by atoms with van der Waals surface area (Å²) in [7, 11) is -0.875. The molecule has 0 aliphatic heterocycles. The summed E-state index contributed by atoms with van der Waals surface area (Å²) >= 11 is 3.31. The van der Waals surface area contributed by atoms with Crippen molar-refractivity contribution in [2.45, 2.75) is 11.8 Å². The Kier molecular flexibility index (Phi) is 3.88. The third-order valence-electron chi connectivity index (χ3n) is 2.02. The Bertz CT molecular complexity index is 458. The maximum atomic E-state index is 11.8. The summed E-state index contributed by atoms with van der Waals surface area (Å²) in [6.45, 7) is 1.83. The zero-order chi connectivity index (χ0) is 11.6. The highest BCUT2D eigenvalue weighted by atomic mass is 79.9. The predicted octanol–water partition coefficient (Wildman–Crippen LogP) is 1.94. The first-order chi connectivity index (χ1) is 6.89. The zero-order valence-electron chi connectivity index (χ0n) is 8.69. The molecule has 0 atom stereocenters. The van der Waals surface area contributed by atoms with Crippen LogP contribution in [0.5, 0.6) is 0 Å². The van der Waals surface area contributed by atoms with E-state index in [0.29, 0.717) is 0 Å². The van der Waals surface area contributed by atoms with Crippen LogP contribution in [0.4, 0.5) is 0 Å². The van der Waals surface area contributed by atoms with Gasteiger partial charge < -0.3 is 0 Å². The Morgan fingerprint density at radius 3 is 2.47 bits per heavy atom. The largest absolute Gasteiger partial charge is 0.288 e. The molecule has 0 saturated carbocycles. The molecule has 6 heteroatoms. The van der Waals surface area contributed by atoms with Crippen LogP contribution in [0.25, 0.3) is 0 Å². The number of sulfonamides is 1. The van der Waals surface area contributed by atoms with E-state index < -0.39 is 10.0 Å². The number of benzene rings is 1. The fraction of sp³-hybridized carbons (Fsp3) is 0.333. The average Bonchev–Trinajstić information content (AvgIpc) is 2.20. The van der Waals surface area contributed by atoms with Crippen molar-refractivity contribution in [3.8, 4) is 0 Å². The van der Waals surface area contributed by atoms with Crippen LogP contribution in [0.15, 0.2) is 27.6 Å². The Labute approximate surface area is 98.0 Å². The van der Waals surface area contributed by atoms with E-state index in [1.807, 2.05) is 6.92 Å². The number of hydrogen-bond acceptors (Lipinski definition) is 3. The van der Waals surface area contributed by atoms with Gasteiger partial charge in [0.15, 0.2) is 0 Å². The Balaban J connectivity index is 3.23. The lowest BCUT2D eigenvalue weighted by molar-refractivity contribution is -0.0258. The van der Waals surface area contributed by atoms with E-state index in [0.717, 1.165) is 14.5 Å². The van der Waals surface area contributed by atoms with Crippen molar-refractivity contribution in [1.29, 1.82) is 0 Å². The van der Waals surface area contributed by atoms with Gasteiger partial charge in [-0.3, -0.25) is 4.84 Å². The normalized spacial score (nSPS) is 12.1. The van der Waals surface area contributed by atoms with E-state index >= 15 is 0 Å². The second-order valence-electron chi connectivity index (χ2n) is 3.01. The molecule has 0 heterocycles. The number of rotatable bonds is 3. The van der Waals surface area contributed by atoms with E-state index in [4.69, 9.17) is 0 Å². The molecular weight excluding hydrogens is 282 g/mol. The van der Waals surface area contributed by atoms with Crippen molar-refractivity contribution >= 4 is 26.0 Å². The number of halogens is 1. The summed E-state index contributed by atoms with van der Waals surface area (Å²) in [6, 6.07) is 4.82. The van der Waals surface area contributed by atoms with E-state index in [2.05, 4.69) is 20.8 Å². The topological polar surface area (TPSA) is 46.6 Å². The Morgan fingerprint density at radius 1 is 1.40 bits per heavy atom. The molecule has 0 spiro atoms. The van der Waals surface area contributed by atoms with Crippen LogP contribution in [0.3, 0.4) is 0 Å². The number of hydroxylamine groups is 1. The molecule has 0 fully saturated rings. The summed E-state index contributed by atoms with van der Waals surface area (Å²) in [4.78, 5) is 4.89. The maximum Gasteiger partial charge on any atom is 0.264 e. The van der Waals surface area contributed by atoms with Gasteiger partial charge in [0.1, 0.15) is 0 Å². The molecule has 1 aromatic carbocycles. The summed E-state index contributed by atoms with van der Waals surface area (Å²) in [5, 5.41) is 0. The van der Waals surface area contributed by atoms with E-state index in [-0.39, 0.29) is 4.90 Å². The van der Waals surface area contributed by atoms with Gasteiger partial charge in [0, 0.05) is 11.5 Å². The second-order valence-corrected chi connectivity index (χ2v) is 5.80. The lowest BCUT2D eigenvalue weighted by atomic mass is 10.2. The fourth-order valence-corrected chi connectivity index (χ4v) is 2.33. The van der Waals surface area contributed by atoms with Crippen LogP contribution in [0.2, 0.25) is 0 Å². The monoisotopic (exact) mass is 293 g/mol. The van der Waals surface area contributed by atoms with E-state index in [9.17, 15) is 8.42 Å². The fourth-order valence-electron chi connectivity index (χ4n) is 1.02. The van der Waals surface area contributed by atoms with Crippen LogP contribution in [0, 0.1) is 6.92 Å². The first-order valence-corrected chi connectivity index (χ1v) is 6.42. The van der Waals surface area contributed by atoms with Gasteiger partial charge in [0.25, 0.3) is 10.0 Å². The van der Waals surface area contributed by atoms with Crippen LogP contribution in [0.1, 0.15) is 5.56 Å². The van der Waals surface area contributed by atoms with Crippen LogP contribution < -0.4 is 0 Å². The Morgan fingerprint density at radius 2 is 2.00 bits per heavy atom. The highest BCUT2D eigenvalue weighted by Gasteiger charge is 2.20. The molecule has 0 amide bonds. The molecule has 84 valence electrons. The van der Waals surface area contributed by atoms with E-state index in [1.54, 1.807) is 12.1 Å². The summed E-state index contributed by atoms with van der Waals surface area (Å²) in [5.74, 6) is 0. The third kappa shape index (κ3) is 2.57. The molecular formula is C9H12BrNO3S. The van der Waals surface area contributed by atoms with Gasteiger partial charge >= 0.3 is 0 Å². The Hall–Kier alpha value is -0.430. The van der Waals surface area contributed by atoms with Crippen LogP contribution in [-0.2, 0) is 14.9 Å². The molecule has 0 N–H and O–H groups in total. The molecule has 0 saturated heterocycles. The number of hydrogen-bond donors (Lipinski definition) is 0. The van der Waals surface area contributed by atoms with Gasteiger partial charge in [-0.2, -0.15) is 0 Å². The molecule has 0 bridgehead atoms. The molecule has 1 aromatic rings. The van der Waals surface area contributed by atoms with Gasteiger partial charge in [-0.15, -0.1) is 0 Å². The van der Waals surface area contributed by atoms with E-state index in [1.165, 1.54) is 20.2 Å². The minimum Gasteiger partial charge on any atom is -0.288 e. The minimum absolute atomic E-state index is 0.215. The van der Waals surface area contributed by atoms with Gasteiger partial charge in [-0.25, -0.2) is 8.42 Å². The number of nitrogens with zero attached hydrogens (tertiary/aromatic N) is 1. The highest BCUT2D eigenvalue weighted by molar-refractivity contribution is 9.10. The summed E-state index contributed by atoms with van der Waals surface area (Å²) in [5.41, 5.74) is 0.862. The molecule has 4 nitrogen and oxygen atoms in total. The zero-order valence-corrected chi connectivity index (χ0v) is 11.1. The van der Waals surface area contributed by atoms with Crippen molar-refractivity contribution in [1.82, 2.24) is 4.47 Å². The molecule has 0 aliphatic rings. The summed E-state index contributed by atoms with van der Waals surface area (Å²) in [6.07, 6.45) is 0. The lowest BCUT2D eigenvalue weighted by Crippen LogP contribution is -2.25. The quantitative estimate of drug-likeness (QED) is 0.800. The smallest absolute Gasteiger partial charge is 0.264 e. The highest BCUT2D eigenvalue weighted by Crippen LogP contribution is 2.21. The lowest BCUT2D eigenvalue weighted by Gasteiger charge is -2.14. The van der Waals surface area contributed by atoms with Crippen molar-refractivity contribution in [2.75, 3.05) is 14.2 Å². The molecule has 0 aliphatic carbocycles. The first kappa shape index (κ1) is 12.6. The molecule has 15 heavy (non-hydrogen) atoms. The van der Waals surface area contributed by atoms with Crippen molar-refractivity contribution in [2.24, 2.45) is 0 Å². The van der Waals surface area contributed by atoms with Crippen molar-refractivity contribution in [3.63, 3.8) is 0 Å². The predicted molar refractivity (Wildman–Crippen MR) is 60.8 cm³/mol. The first-order valence-electron chi connectivity index (χ1n) is 4.19. The van der Waals surface area contributed by atoms with Crippen molar-refractivity contribution in [3.05, 3.63) is 28.2 Å². The minimum atomic E-state index is -3.54. The summed E-state index contributed by atoms with van der Waals surface area (Å²) < 4.78 is 25.3. The van der Waals surface area contributed by atoms with Gasteiger partial charge in [0.05, 0.1) is 12.0 Å². The molecule has 0 unspecified atom stereocenters. The number of aryl methyl sites for hydroxylation is 1. The van der Waals surface area contributed by atoms with Gasteiger partial charge in [0.2, 0.25) is 0 Å². The second kappa shape index (κ2) is 4.61. The molecule has 0 radical (unpaired) electrons. The standard InChI is InChI=1S/C9H12BrNO3S/c1-7-6-8(4-5-9(7)10)15(12,13)11(2)14-3/h4-6H,1-3H3. The SMILES string of the molecule is CON(C)S(=O)(=O)c1ccc(Br)c(C)c1. The maximum absolute atomic E-state index is 11.8. The molecule has 1 rings (SSSR count). The third-order valence-corrected chi connectivity index (χ3v) is 4.59. The van der Waals surface area contributed by atoms with Crippen molar-refractivity contribution < 1.29 is 13.3 Å². The van der Waals surface area contributed by atoms with Gasteiger partial charge in [-0.1, -0.05) is 20.4 Å². The van der Waals surface area contributed by atoms with Crippen LogP contribution in [-0.4, -0.2) is 27.0 Å². The average molecular weight is 294 g/mol. The van der Waals surface area contributed by atoms with Gasteiger partial charge in [-0.05, 0) is 30.7 Å².